The normalized spacial score (nSPS) is 14.1. The molecule has 0 spiro atoms. The molecule has 1 aliphatic rings. The number of hydrogen-bond donors (Lipinski definition) is 1. The largest absolute Gasteiger partial charge is 0.496 e. The highest BCUT2D eigenvalue weighted by Gasteiger charge is 2.28. The van der Waals surface area contributed by atoms with Crippen molar-refractivity contribution in [2.45, 2.75) is 32.1 Å². The zero-order valence-corrected chi connectivity index (χ0v) is 20.4. The summed E-state index contributed by atoms with van der Waals surface area (Å²) >= 11 is 0. The molecule has 1 fully saturated rings. The first-order chi connectivity index (χ1) is 17.0. The molecular weight excluding hydrogens is 446 g/mol. The first-order valence-electron chi connectivity index (χ1n) is 11.9. The van der Waals surface area contributed by atoms with Crippen LogP contribution in [0.15, 0.2) is 42.7 Å². The van der Waals surface area contributed by atoms with Crippen LogP contribution >= 0.6 is 0 Å². The fourth-order valence-electron chi connectivity index (χ4n) is 4.27. The molecule has 2 aromatic rings. The van der Waals surface area contributed by atoms with Crippen molar-refractivity contribution < 1.29 is 23.9 Å². The van der Waals surface area contributed by atoms with E-state index in [2.05, 4.69) is 10.3 Å². The molecule has 0 radical (unpaired) electrons. The number of ether oxygens (including phenoxy) is 2. The Kier molecular flexibility index (Phi) is 9.83. The van der Waals surface area contributed by atoms with Crippen molar-refractivity contribution >= 4 is 24.2 Å². The SMILES string of the molecule is COc1cc(C=O)cc(OC)c1C(=O)N1CCC(CCCCNC(=O)/C=C/c2cccnc2)CC1. The molecule has 8 nitrogen and oxygen atoms in total. The number of amides is 2. The number of piperidine rings is 1. The monoisotopic (exact) mass is 479 g/mol. The molecule has 0 bridgehead atoms. The van der Waals surface area contributed by atoms with Gasteiger partial charge in [0.1, 0.15) is 23.3 Å². The van der Waals surface area contributed by atoms with Gasteiger partial charge in [-0.05, 0) is 55.0 Å². The Morgan fingerprint density at radius 2 is 1.83 bits per heavy atom. The molecule has 2 heterocycles. The third-order valence-electron chi connectivity index (χ3n) is 6.23. The number of aldehydes is 1. The lowest BCUT2D eigenvalue weighted by Gasteiger charge is -2.32. The molecule has 35 heavy (non-hydrogen) atoms. The van der Waals surface area contributed by atoms with Gasteiger partial charge in [-0.15, -0.1) is 0 Å². The van der Waals surface area contributed by atoms with Gasteiger partial charge in [-0.2, -0.15) is 0 Å². The minimum Gasteiger partial charge on any atom is -0.496 e. The van der Waals surface area contributed by atoms with Gasteiger partial charge in [0.15, 0.2) is 0 Å². The van der Waals surface area contributed by atoms with Crippen molar-refractivity contribution in [3.63, 3.8) is 0 Å². The highest BCUT2D eigenvalue weighted by molar-refractivity contribution is 6.01. The number of likely N-dealkylation sites (tertiary alicyclic amines) is 1. The summed E-state index contributed by atoms with van der Waals surface area (Å²) in [5.41, 5.74) is 1.64. The number of nitrogens with one attached hydrogen (secondary N) is 1. The fourth-order valence-corrected chi connectivity index (χ4v) is 4.27. The van der Waals surface area contributed by atoms with Crippen molar-refractivity contribution in [3.05, 3.63) is 59.4 Å². The number of nitrogens with zero attached hydrogens (tertiary/aromatic N) is 2. The van der Waals surface area contributed by atoms with Crippen molar-refractivity contribution in [1.29, 1.82) is 0 Å². The summed E-state index contributed by atoms with van der Waals surface area (Å²) in [6.07, 6.45) is 12.3. The minimum atomic E-state index is -0.142. The fraction of sp³-hybridized carbons (Fsp3) is 0.407. The first kappa shape index (κ1) is 25.9. The molecule has 186 valence electrons. The number of pyridine rings is 1. The number of carbonyl (C=O) groups is 3. The second kappa shape index (κ2) is 13.3. The van der Waals surface area contributed by atoms with E-state index in [1.54, 1.807) is 30.6 Å². The van der Waals surface area contributed by atoms with Gasteiger partial charge in [-0.1, -0.05) is 18.9 Å². The number of aromatic nitrogens is 1. The van der Waals surface area contributed by atoms with E-state index in [0.29, 0.717) is 54.5 Å². The highest BCUT2D eigenvalue weighted by Crippen LogP contribution is 2.33. The summed E-state index contributed by atoms with van der Waals surface area (Å²) < 4.78 is 10.7. The van der Waals surface area contributed by atoms with E-state index in [9.17, 15) is 14.4 Å². The maximum absolute atomic E-state index is 13.2. The Hall–Kier alpha value is -3.68. The van der Waals surface area contributed by atoms with Crippen molar-refractivity contribution in [3.8, 4) is 11.5 Å². The number of benzene rings is 1. The van der Waals surface area contributed by atoms with Crippen molar-refractivity contribution in [2.75, 3.05) is 33.9 Å². The lowest BCUT2D eigenvalue weighted by Crippen LogP contribution is -2.38. The summed E-state index contributed by atoms with van der Waals surface area (Å²) in [5.74, 6) is 0.998. The summed E-state index contributed by atoms with van der Waals surface area (Å²) in [5, 5.41) is 2.92. The number of carbonyl (C=O) groups excluding carboxylic acids is 3. The number of methoxy groups -OCH3 is 2. The first-order valence-corrected chi connectivity index (χ1v) is 11.9. The molecule has 1 aliphatic heterocycles. The van der Waals surface area contributed by atoms with Crippen LogP contribution in [0.1, 0.15) is 58.4 Å². The number of unbranched alkanes of at least 4 members (excludes halogenated alkanes) is 1. The van der Waals surface area contributed by atoms with Crippen LogP contribution in [0.5, 0.6) is 11.5 Å². The van der Waals surface area contributed by atoms with Gasteiger partial charge in [0, 0.05) is 43.7 Å². The highest BCUT2D eigenvalue weighted by atomic mass is 16.5. The zero-order chi connectivity index (χ0) is 25.0. The predicted octanol–water partition coefficient (Wildman–Crippen LogP) is 3.76. The van der Waals surface area contributed by atoms with Gasteiger partial charge in [0.25, 0.3) is 5.91 Å². The van der Waals surface area contributed by atoms with Crippen LogP contribution in [0.3, 0.4) is 0 Å². The zero-order valence-electron chi connectivity index (χ0n) is 20.4. The van der Waals surface area contributed by atoms with Crippen LogP contribution in [-0.2, 0) is 4.79 Å². The summed E-state index contributed by atoms with van der Waals surface area (Å²) in [6, 6.07) is 6.84. The molecule has 1 N–H and O–H groups in total. The van der Waals surface area contributed by atoms with E-state index in [-0.39, 0.29) is 11.8 Å². The summed E-state index contributed by atoms with van der Waals surface area (Å²) in [4.78, 5) is 42.2. The van der Waals surface area contributed by atoms with Crippen LogP contribution < -0.4 is 14.8 Å². The quantitative estimate of drug-likeness (QED) is 0.299. The van der Waals surface area contributed by atoms with E-state index in [1.807, 2.05) is 17.0 Å². The maximum Gasteiger partial charge on any atom is 0.261 e. The third kappa shape index (κ3) is 7.40. The lowest BCUT2D eigenvalue weighted by atomic mass is 9.91. The van der Waals surface area contributed by atoms with E-state index < -0.39 is 0 Å². The second-order valence-electron chi connectivity index (χ2n) is 8.56. The van der Waals surface area contributed by atoms with Crippen molar-refractivity contribution in [1.82, 2.24) is 15.2 Å². The van der Waals surface area contributed by atoms with E-state index in [0.717, 1.165) is 37.7 Å². The maximum atomic E-state index is 13.2. The molecule has 8 heteroatoms. The Bertz CT molecular complexity index is 1010. The second-order valence-corrected chi connectivity index (χ2v) is 8.56. The van der Waals surface area contributed by atoms with Crippen LogP contribution in [0.25, 0.3) is 6.08 Å². The Labute approximate surface area is 206 Å². The standard InChI is InChI=1S/C27H33N3O5/c1-34-23-16-22(19-31)17-24(35-2)26(23)27(33)30-14-10-20(11-15-30)6-3-4-13-29-25(32)9-8-21-7-5-12-28-18-21/h5,7-9,12,16-20H,3-4,6,10-11,13-15H2,1-2H3,(H,29,32)/b9-8+. The molecule has 1 aromatic heterocycles. The molecular formula is C27H33N3O5. The molecule has 2 amide bonds. The Morgan fingerprint density at radius 1 is 1.11 bits per heavy atom. The lowest BCUT2D eigenvalue weighted by molar-refractivity contribution is -0.116. The van der Waals surface area contributed by atoms with Gasteiger partial charge in [0.2, 0.25) is 5.91 Å². The van der Waals surface area contributed by atoms with Gasteiger partial charge in [0.05, 0.1) is 14.2 Å². The van der Waals surface area contributed by atoms with Gasteiger partial charge in [-0.25, -0.2) is 0 Å². The molecule has 0 aliphatic carbocycles. The molecule has 3 rings (SSSR count). The van der Waals surface area contributed by atoms with Gasteiger partial charge < -0.3 is 19.7 Å². The number of hydrogen-bond acceptors (Lipinski definition) is 6. The van der Waals surface area contributed by atoms with E-state index in [1.165, 1.54) is 20.3 Å². The van der Waals surface area contributed by atoms with E-state index in [4.69, 9.17) is 9.47 Å². The van der Waals surface area contributed by atoms with Crippen LogP contribution in [0, 0.1) is 5.92 Å². The van der Waals surface area contributed by atoms with Gasteiger partial charge >= 0.3 is 0 Å². The van der Waals surface area contributed by atoms with Crippen molar-refractivity contribution in [2.24, 2.45) is 5.92 Å². The minimum absolute atomic E-state index is 0.104. The Balaban J connectivity index is 1.39. The van der Waals surface area contributed by atoms with Gasteiger partial charge in [-0.3, -0.25) is 19.4 Å². The Morgan fingerprint density at radius 3 is 2.43 bits per heavy atom. The molecule has 1 aromatic carbocycles. The van der Waals surface area contributed by atoms with Crippen LogP contribution in [-0.4, -0.2) is 61.8 Å². The molecule has 0 saturated carbocycles. The predicted molar refractivity (Wildman–Crippen MR) is 134 cm³/mol. The smallest absolute Gasteiger partial charge is 0.261 e. The average molecular weight is 480 g/mol. The topological polar surface area (TPSA) is 97.8 Å². The van der Waals surface area contributed by atoms with Crippen LogP contribution in [0.2, 0.25) is 0 Å². The molecule has 0 unspecified atom stereocenters. The summed E-state index contributed by atoms with van der Waals surface area (Å²) in [6.45, 7) is 1.98. The average Bonchev–Trinajstić information content (AvgIpc) is 2.91. The van der Waals surface area contributed by atoms with E-state index >= 15 is 0 Å². The molecule has 0 atom stereocenters. The number of rotatable bonds is 11. The third-order valence-corrected chi connectivity index (χ3v) is 6.23. The molecule has 1 saturated heterocycles. The van der Waals surface area contributed by atoms with Crippen LogP contribution in [0.4, 0.5) is 0 Å². The summed E-state index contributed by atoms with van der Waals surface area (Å²) in [7, 11) is 2.96.